The number of hydrogen-bond acceptors (Lipinski definition) is 6. The van der Waals surface area contributed by atoms with Crippen molar-refractivity contribution < 1.29 is 13.5 Å². The maximum absolute atomic E-state index is 14.6. The van der Waals surface area contributed by atoms with E-state index in [-0.39, 0.29) is 5.92 Å². The van der Waals surface area contributed by atoms with Gasteiger partial charge in [-0.1, -0.05) is 11.6 Å². The first kappa shape index (κ1) is 22.7. The van der Waals surface area contributed by atoms with Crippen LogP contribution in [0.15, 0.2) is 30.5 Å². The van der Waals surface area contributed by atoms with Crippen LogP contribution in [-0.2, 0) is 13.1 Å². The molecule has 1 aliphatic carbocycles. The van der Waals surface area contributed by atoms with Crippen molar-refractivity contribution >= 4 is 17.4 Å². The fourth-order valence-electron chi connectivity index (χ4n) is 5.31. The molecule has 3 aromatic rings. The first-order valence-electron chi connectivity index (χ1n) is 12.0. The SMILES string of the molecule is COc1cc(F)cnc1N1CCC(c2nnc3n2-c2ccc(Cl)cc2CN(CC2(F)CC2)C3)CC1. The highest BCUT2D eigenvalue weighted by Gasteiger charge is 2.45. The second kappa shape index (κ2) is 8.71. The fraction of sp³-hybridized carbons (Fsp3) is 0.480. The molecule has 0 radical (unpaired) electrons. The summed E-state index contributed by atoms with van der Waals surface area (Å²) in [7, 11) is 1.53. The highest BCUT2D eigenvalue weighted by Crippen LogP contribution is 2.42. The van der Waals surface area contributed by atoms with E-state index in [1.807, 2.05) is 18.2 Å². The highest BCUT2D eigenvalue weighted by atomic mass is 35.5. The van der Waals surface area contributed by atoms with E-state index in [0.717, 1.165) is 48.8 Å². The van der Waals surface area contributed by atoms with Crippen molar-refractivity contribution in [1.82, 2.24) is 24.6 Å². The van der Waals surface area contributed by atoms with Crippen LogP contribution in [0.1, 0.15) is 48.8 Å². The molecule has 7 nitrogen and oxygen atoms in total. The number of ether oxygens (including phenoxy) is 1. The Bertz CT molecular complexity index is 1250. The zero-order valence-corrected chi connectivity index (χ0v) is 20.3. The van der Waals surface area contributed by atoms with Crippen molar-refractivity contribution in [2.75, 3.05) is 31.6 Å². The van der Waals surface area contributed by atoms with Gasteiger partial charge in [-0.2, -0.15) is 0 Å². The van der Waals surface area contributed by atoms with Gasteiger partial charge in [-0.15, -0.1) is 10.2 Å². The third-order valence-electron chi connectivity index (χ3n) is 7.28. The molecule has 2 aliphatic heterocycles. The molecule has 1 aromatic carbocycles. The molecule has 0 unspecified atom stereocenters. The Morgan fingerprint density at radius 1 is 1.14 bits per heavy atom. The monoisotopic (exact) mass is 500 g/mol. The molecular weight excluding hydrogens is 474 g/mol. The quantitative estimate of drug-likeness (QED) is 0.507. The lowest BCUT2D eigenvalue weighted by atomic mass is 9.95. The Morgan fingerprint density at radius 3 is 2.69 bits per heavy atom. The fourth-order valence-corrected chi connectivity index (χ4v) is 5.51. The molecule has 6 rings (SSSR count). The number of nitrogens with zero attached hydrogens (tertiary/aromatic N) is 6. The maximum atomic E-state index is 14.6. The van der Waals surface area contributed by atoms with Crippen LogP contribution in [0.4, 0.5) is 14.6 Å². The van der Waals surface area contributed by atoms with Gasteiger partial charge >= 0.3 is 0 Å². The van der Waals surface area contributed by atoms with Gasteiger partial charge < -0.3 is 9.64 Å². The normalized spacial score (nSPS) is 19.7. The van der Waals surface area contributed by atoms with Crippen LogP contribution in [0.3, 0.4) is 0 Å². The number of hydrogen-bond donors (Lipinski definition) is 0. The molecule has 0 bridgehead atoms. The zero-order chi connectivity index (χ0) is 24.2. The summed E-state index contributed by atoms with van der Waals surface area (Å²) >= 11 is 6.34. The number of alkyl halides is 1. The number of rotatable bonds is 5. The summed E-state index contributed by atoms with van der Waals surface area (Å²) in [6.07, 6.45) is 4.16. The van der Waals surface area contributed by atoms with Crippen molar-refractivity contribution in [3.8, 4) is 11.4 Å². The molecule has 184 valence electrons. The highest BCUT2D eigenvalue weighted by molar-refractivity contribution is 6.30. The van der Waals surface area contributed by atoms with Gasteiger partial charge in [0.15, 0.2) is 17.4 Å². The molecule has 35 heavy (non-hydrogen) atoms. The Labute approximate surface area is 207 Å². The van der Waals surface area contributed by atoms with Gasteiger partial charge in [0.05, 0.1) is 25.5 Å². The third-order valence-corrected chi connectivity index (χ3v) is 7.51. The number of pyridine rings is 1. The minimum absolute atomic E-state index is 0.199. The van der Waals surface area contributed by atoms with E-state index in [1.165, 1.54) is 19.4 Å². The van der Waals surface area contributed by atoms with Gasteiger partial charge in [0.25, 0.3) is 0 Å². The lowest BCUT2D eigenvalue weighted by Gasteiger charge is -2.33. The Kier molecular flexibility index (Phi) is 5.64. The van der Waals surface area contributed by atoms with Crippen LogP contribution < -0.4 is 9.64 Å². The molecule has 2 aromatic heterocycles. The summed E-state index contributed by atoms with van der Waals surface area (Å²) < 4.78 is 35.8. The predicted octanol–water partition coefficient (Wildman–Crippen LogP) is 4.67. The summed E-state index contributed by atoms with van der Waals surface area (Å²) in [6, 6.07) is 7.23. The molecule has 10 heteroatoms. The number of halogens is 3. The standard InChI is InChI=1S/C25H27ClF2N6O/c1-35-21-11-19(27)12-29-24(21)33-8-4-16(5-9-33)23-31-30-22-14-32(15-25(28)6-7-25)13-17-10-18(26)2-3-20(17)34(22)23/h2-3,10-12,16H,4-9,13-15H2,1H3. The second-order valence-electron chi connectivity index (χ2n) is 9.82. The largest absolute Gasteiger partial charge is 0.493 e. The number of benzene rings is 1. The molecule has 0 amide bonds. The molecule has 0 atom stereocenters. The van der Waals surface area contributed by atoms with Crippen molar-refractivity contribution in [2.45, 2.75) is 50.4 Å². The Morgan fingerprint density at radius 2 is 1.94 bits per heavy atom. The van der Waals surface area contributed by atoms with Crippen molar-refractivity contribution in [1.29, 1.82) is 0 Å². The van der Waals surface area contributed by atoms with E-state index in [4.69, 9.17) is 16.3 Å². The predicted molar refractivity (Wildman–Crippen MR) is 128 cm³/mol. The minimum atomic E-state index is -1.08. The summed E-state index contributed by atoms with van der Waals surface area (Å²) in [5.74, 6) is 2.63. The molecule has 1 saturated heterocycles. The van der Waals surface area contributed by atoms with Gasteiger partial charge in [0.1, 0.15) is 17.3 Å². The van der Waals surface area contributed by atoms with E-state index < -0.39 is 11.5 Å². The lowest BCUT2D eigenvalue weighted by molar-refractivity contribution is 0.162. The average Bonchev–Trinajstić information content (AvgIpc) is 3.47. The third kappa shape index (κ3) is 4.36. The molecule has 2 fully saturated rings. The lowest BCUT2D eigenvalue weighted by Crippen LogP contribution is -2.34. The van der Waals surface area contributed by atoms with E-state index in [2.05, 4.69) is 29.5 Å². The topological polar surface area (TPSA) is 59.3 Å². The summed E-state index contributed by atoms with van der Waals surface area (Å²) in [5, 5.41) is 9.85. The van der Waals surface area contributed by atoms with Crippen LogP contribution in [-0.4, -0.2) is 57.1 Å². The van der Waals surface area contributed by atoms with Crippen molar-refractivity contribution in [2.24, 2.45) is 0 Å². The molecule has 4 heterocycles. The van der Waals surface area contributed by atoms with Crippen LogP contribution >= 0.6 is 11.6 Å². The van der Waals surface area contributed by atoms with E-state index >= 15 is 0 Å². The average molecular weight is 501 g/mol. The Balaban J connectivity index is 1.28. The summed E-state index contributed by atoms with van der Waals surface area (Å²) in [5.41, 5.74) is 0.984. The van der Waals surface area contributed by atoms with Gasteiger partial charge in [0, 0.05) is 43.2 Å². The number of fused-ring (bicyclic) bond motifs is 3. The van der Waals surface area contributed by atoms with Crippen LogP contribution in [0.5, 0.6) is 5.75 Å². The van der Waals surface area contributed by atoms with Gasteiger partial charge in [-0.3, -0.25) is 9.47 Å². The van der Waals surface area contributed by atoms with E-state index in [0.29, 0.717) is 49.1 Å². The van der Waals surface area contributed by atoms with Crippen LogP contribution in [0, 0.1) is 5.82 Å². The summed E-state index contributed by atoms with van der Waals surface area (Å²) in [6.45, 7) is 3.04. The number of aromatic nitrogens is 4. The van der Waals surface area contributed by atoms with Gasteiger partial charge in [-0.05, 0) is 49.4 Å². The van der Waals surface area contributed by atoms with Gasteiger partial charge in [0.2, 0.25) is 0 Å². The summed E-state index contributed by atoms with van der Waals surface area (Å²) in [4.78, 5) is 8.51. The molecule has 0 N–H and O–H groups in total. The number of methoxy groups -OCH3 is 1. The van der Waals surface area contributed by atoms with Crippen LogP contribution in [0.2, 0.25) is 5.02 Å². The Hall–Kier alpha value is -2.78. The van der Waals surface area contributed by atoms with E-state index in [1.54, 1.807) is 0 Å². The van der Waals surface area contributed by atoms with Crippen molar-refractivity contribution in [3.05, 3.63) is 58.5 Å². The second-order valence-corrected chi connectivity index (χ2v) is 10.3. The minimum Gasteiger partial charge on any atom is -0.493 e. The zero-order valence-electron chi connectivity index (χ0n) is 19.6. The molecular formula is C25H27ClF2N6O. The first-order valence-corrected chi connectivity index (χ1v) is 12.4. The van der Waals surface area contributed by atoms with E-state index in [9.17, 15) is 8.78 Å². The number of piperidine rings is 1. The molecule has 3 aliphatic rings. The molecule has 1 saturated carbocycles. The molecule has 0 spiro atoms. The van der Waals surface area contributed by atoms with Gasteiger partial charge in [-0.25, -0.2) is 13.8 Å². The van der Waals surface area contributed by atoms with Crippen LogP contribution in [0.25, 0.3) is 5.69 Å². The van der Waals surface area contributed by atoms with Crippen molar-refractivity contribution in [3.63, 3.8) is 0 Å². The smallest absolute Gasteiger partial charge is 0.171 e. The number of anilines is 1. The maximum Gasteiger partial charge on any atom is 0.171 e. The first-order chi connectivity index (χ1) is 16.9.